The van der Waals surface area contributed by atoms with E-state index >= 15 is 0 Å². The zero-order valence-electron chi connectivity index (χ0n) is 14.9. The zero-order chi connectivity index (χ0) is 19.7. The molecule has 1 saturated heterocycles. The van der Waals surface area contributed by atoms with E-state index in [1.54, 1.807) is 24.4 Å². The van der Waals surface area contributed by atoms with Crippen LogP contribution in [0.4, 0.5) is 0 Å². The average Bonchev–Trinajstić information content (AvgIpc) is 2.73. The first-order valence-corrected chi connectivity index (χ1v) is 10.4. The number of nitrogens with zero attached hydrogens (tertiary/aromatic N) is 2. The van der Waals surface area contributed by atoms with Gasteiger partial charge < -0.3 is 4.42 Å². The van der Waals surface area contributed by atoms with Gasteiger partial charge in [-0.2, -0.15) is 4.31 Å². The predicted octanol–water partition coefficient (Wildman–Crippen LogP) is 2.47. The van der Waals surface area contributed by atoms with Crippen molar-refractivity contribution < 1.29 is 17.6 Å². The van der Waals surface area contributed by atoms with Gasteiger partial charge in [0.1, 0.15) is 11.3 Å². The van der Waals surface area contributed by atoms with Crippen LogP contribution in [0.25, 0.3) is 11.0 Å². The van der Waals surface area contributed by atoms with E-state index in [1.165, 1.54) is 34.6 Å². The molecule has 0 radical (unpaired) electrons. The Morgan fingerprint density at radius 3 is 2.79 bits per heavy atom. The van der Waals surface area contributed by atoms with Crippen LogP contribution in [-0.2, 0) is 10.0 Å². The van der Waals surface area contributed by atoms with Crippen LogP contribution in [0.15, 0.2) is 68.8 Å². The second-order valence-electron chi connectivity index (χ2n) is 6.74. The molecule has 1 fully saturated rings. The molecular formula is C20H18N2O5S. The van der Waals surface area contributed by atoms with Crippen molar-refractivity contribution >= 4 is 26.8 Å². The maximum absolute atomic E-state index is 13.1. The topological polar surface area (TPSA) is 97.6 Å². The number of carbonyl (C=O) groups excluding carboxylic acids is 1. The fourth-order valence-electron chi connectivity index (χ4n) is 3.45. The molecule has 0 amide bonds. The minimum absolute atomic E-state index is 0.111. The van der Waals surface area contributed by atoms with Gasteiger partial charge in [0.05, 0.1) is 4.90 Å². The molecule has 4 rings (SSSR count). The first kappa shape index (κ1) is 18.5. The number of piperidine rings is 1. The number of sulfonamides is 1. The first-order chi connectivity index (χ1) is 13.4. The highest BCUT2D eigenvalue weighted by molar-refractivity contribution is 7.89. The molecule has 28 heavy (non-hydrogen) atoms. The average molecular weight is 398 g/mol. The number of pyridine rings is 1. The third kappa shape index (κ3) is 3.48. The molecule has 2 aromatic heterocycles. The lowest BCUT2D eigenvalue weighted by Crippen LogP contribution is -2.42. The van der Waals surface area contributed by atoms with Crippen molar-refractivity contribution in [3.8, 4) is 0 Å². The first-order valence-electron chi connectivity index (χ1n) is 8.94. The van der Waals surface area contributed by atoms with Crippen LogP contribution in [0.5, 0.6) is 0 Å². The quantitative estimate of drug-likeness (QED) is 0.495. The molecule has 1 atom stereocenters. The van der Waals surface area contributed by atoms with Gasteiger partial charge in [-0.1, -0.05) is 6.07 Å². The summed E-state index contributed by atoms with van der Waals surface area (Å²) in [5.41, 5.74) is 0.191. The third-order valence-electron chi connectivity index (χ3n) is 4.90. The van der Waals surface area contributed by atoms with Gasteiger partial charge in [0.2, 0.25) is 10.0 Å². The fraction of sp³-hybridized carbons (Fsp3) is 0.250. The number of rotatable bonds is 4. The van der Waals surface area contributed by atoms with E-state index in [9.17, 15) is 18.0 Å². The number of carbonyl (C=O) groups is 1. The molecule has 0 aliphatic carbocycles. The molecule has 0 saturated carbocycles. The Bertz CT molecular complexity index is 1190. The Kier molecular flexibility index (Phi) is 4.82. The lowest BCUT2D eigenvalue weighted by Gasteiger charge is -2.31. The summed E-state index contributed by atoms with van der Waals surface area (Å²) in [5, 5.41) is 0.527. The molecule has 0 spiro atoms. The Balaban J connectivity index is 1.61. The number of aromatic nitrogens is 1. The molecule has 3 aromatic rings. The normalized spacial score (nSPS) is 18.2. The summed E-state index contributed by atoms with van der Waals surface area (Å²) >= 11 is 0. The van der Waals surface area contributed by atoms with Crippen LogP contribution in [0, 0.1) is 5.92 Å². The maximum Gasteiger partial charge on any atom is 0.336 e. The van der Waals surface area contributed by atoms with E-state index in [1.807, 2.05) is 0 Å². The molecule has 1 unspecified atom stereocenters. The van der Waals surface area contributed by atoms with Crippen LogP contribution < -0.4 is 5.63 Å². The molecule has 0 bridgehead atoms. The van der Waals surface area contributed by atoms with Gasteiger partial charge in [-0.25, -0.2) is 13.2 Å². The summed E-state index contributed by atoms with van der Waals surface area (Å²) in [4.78, 5) is 28.2. The predicted molar refractivity (Wildman–Crippen MR) is 103 cm³/mol. The summed E-state index contributed by atoms with van der Waals surface area (Å²) in [6.07, 6.45) is 2.78. The smallest absolute Gasteiger partial charge is 0.336 e. The Labute approximate surface area is 161 Å². The number of hydrogen-bond donors (Lipinski definition) is 0. The lowest BCUT2D eigenvalue weighted by atomic mass is 9.93. The van der Waals surface area contributed by atoms with E-state index in [0.717, 1.165) is 0 Å². The van der Waals surface area contributed by atoms with Crippen molar-refractivity contribution in [2.24, 2.45) is 5.92 Å². The zero-order valence-corrected chi connectivity index (χ0v) is 15.8. The number of ketones is 1. The van der Waals surface area contributed by atoms with Crippen molar-refractivity contribution in [1.82, 2.24) is 9.29 Å². The van der Waals surface area contributed by atoms with E-state index in [-0.39, 0.29) is 17.2 Å². The molecule has 7 nitrogen and oxygen atoms in total. The van der Waals surface area contributed by atoms with Crippen LogP contribution in [0.1, 0.15) is 23.3 Å². The molecule has 3 heterocycles. The highest BCUT2D eigenvalue weighted by Crippen LogP contribution is 2.27. The van der Waals surface area contributed by atoms with Crippen molar-refractivity contribution in [1.29, 1.82) is 0 Å². The highest BCUT2D eigenvalue weighted by atomic mass is 32.2. The number of Topliss-reactive ketones (excluding diaryl/α,β-unsaturated/α-hetero) is 1. The van der Waals surface area contributed by atoms with Crippen LogP contribution in [-0.4, -0.2) is 36.6 Å². The molecule has 8 heteroatoms. The van der Waals surface area contributed by atoms with Crippen LogP contribution >= 0.6 is 0 Å². The van der Waals surface area contributed by atoms with Gasteiger partial charge in [-0.05, 0) is 49.2 Å². The van der Waals surface area contributed by atoms with Crippen molar-refractivity contribution in [3.63, 3.8) is 0 Å². The van der Waals surface area contributed by atoms with Gasteiger partial charge in [-0.15, -0.1) is 0 Å². The second kappa shape index (κ2) is 7.29. The monoisotopic (exact) mass is 398 g/mol. The molecule has 0 N–H and O–H groups in total. The number of fused-ring (bicyclic) bond motifs is 1. The fourth-order valence-corrected chi connectivity index (χ4v) is 5.01. The summed E-state index contributed by atoms with van der Waals surface area (Å²) in [5.74, 6) is -0.558. The minimum Gasteiger partial charge on any atom is -0.423 e. The standard InChI is InChI=1S/C20H18N2O5S/c23-19-9-6-14-12-16(7-8-18(14)27-19)28(25,26)22-11-3-4-15(13-22)20(24)17-5-1-2-10-21-17/h1-2,5-10,12,15H,3-4,11,13H2. The third-order valence-corrected chi connectivity index (χ3v) is 6.76. The van der Waals surface area contributed by atoms with Gasteiger partial charge in [0.25, 0.3) is 0 Å². The lowest BCUT2D eigenvalue weighted by molar-refractivity contribution is 0.0867. The number of benzene rings is 1. The molecule has 1 aromatic carbocycles. The van der Waals surface area contributed by atoms with Gasteiger partial charge in [0.15, 0.2) is 5.78 Å². The van der Waals surface area contributed by atoms with E-state index < -0.39 is 21.6 Å². The molecular weight excluding hydrogens is 380 g/mol. The van der Waals surface area contributed by atoms with E-state index in [2.05, 4.69) is 4.98 Å². The van der Waals surface area contributed by atoms with Crippen LogP contribution in [0.3, 0.4) is 0 Å². The number of hydrogen-bond acceptors (Lipinski definition) is 6. The SMILES string of the molecule is O=C(c1ccccn1)C1CCCN(S(=O)(=O)c2ccc3oc(=O)ccc3c2)C1. The molecule has 1 aliphatic heterocycles. The van der Waals surface area contributed by atoms with Crippen molar-refractivity contribution in [2.75, 3.05) is 13.1 Å². The molecule has 1 aliphatic rings. The summed E-state index contributed by atoms with van der Waals surface area (Å²) in [7, 11) is -3.77. The minimum atomic E-state index is -3.77. The summed E-state index contributed by atoms with van der Waals surface area (Å²) < 4.78 is 32.6. The Morgan fingerprint density at radius 2 is 2.00 bits per heavy atom. The largest absolute Gasteiger partial charge is 0.423 e. The van der Waals surface area contributed by atoms with E-state index in [4.69, 9.17) is 4.42 Å². The molecule has 144 valence electrons. The van der Waals surface area contributed by atoms with E-state index in [0.29, 0.717) is 36.0 Å². The van der Waals surface area contributed by atoms with Gasteiger partial charge in [-0.3, -0.25) is 9.78 Å². The summed E-state index contributed by atoms with van der Waals surface area (Å²) in [6, 6.07) is 12.3. The Hall–Kier alpha value is -2.84. The highest BCUT2D eigenvalue weighted by Gasteiger charge is 2.34. The van der Waals surface area contributed by atoms with Crippen LogP contribution in [0.2, 0.25) is 0 Å². The van der Waals surface area contributed by atoms with Gasteiger partial charge in [0, 0.05) is 36.7 Å². The van der Waals surface area contributed by atoms with Crippen molar-refractivity contribution in [3.05, 3.63) is 70.8 Å². The maximum atomic E-state index is 13.1. The van der Waals surface area contributed by atoms with Crippen molar-refractivity contribution in [2.45, 2.75) is 17.7 Å². The van der Waals surface area contributed by atoms with Gasteiger partial charge >= 0.3 is 5.63 Å². The second-order valence-corrected chi connectivity index (χ2v) is 8.67. The summed E-state index contributed by atoms with van der Waals surface area (Å²) in [6.45, 7) is 0.482. The Morgan fingerprint density at radius 1 is 1.14 bits per heavy atom.